The van der Waals surface area contributed by atoms with Gasteiger partial charge in [0.1, 0.15) is 0 Å². The maximum absolute atomic E-state index is 11.1. The van der Waals surface area contributed by atoms with Gasteiger partial charge in [-0.3, -0.25) is 4.79 Å². The lowest BCUT2D eigenvalue weighted by Gasteiger charge is -2.20. The van der Waals surface area contributed by atoms with Crippen LogP contribution < -0.4 is 17.7 Å². The third-order valence-corrected chi connectivity index (χ3v) is 7.56. The Morgan fingerprint density at radius 1 is 1.16 bits per heavy atom. The summed E-state index contributed by atoms with van der Waals surface area (Å²) in [6, 6.07) is 18.7. The van der Waals surface area contributed by atoms with E-state index >= 15 is 0 Å². The van der Waals surface area contributed by atoms with E-state index in [1.165, 1.54) is 21.7 Å². The normalized spacial score (nSPS) is 18.6. The van der Waals surface area contributed by atoms with Gasteiger partial charge in [-0.25, -0.2) is 0 Å². The van der Waals surface area contributed by atoms with Crippen molar-refractivity contribution in [1.82, 2.24) is 0 Å². The third kappa shape index (κ3) is 5.80. The van der Waals surface area contributed by atoms with Crippen molar-refractivity contribution in [1.29, 1.82) is 0 Å². The lowest BCUT2D eigenvalue weighted by molar-refractivity contribution is -0.365. The fraction of sp³-hybridized carbons (Fsp3) is 0.280. The largest absolute Gasteiger partial charge is 1.00 e. The molecule has 32 heavy (non-hydrogen) atoms. The summed E-state index contributed by atoms with van der Waals surface area (Å²) >= 11 is 3.50. The summed E-state index contributed by atoms with van der Waals surface area (Å²) in [4.78, 5) is 12.4. The number of carboxylic acid groups (broad SMARTS) is 1. The molecule has 0 saturated heterocycles. The van der Waals surface area contributed by atoms with E-state index in [0.29, 0.717) is 5.75 Å². The Morgan fingerprint density at radius 3 is 2.62 bits per heavy atom. The van der Waals surface area contributed by atoms with Gasteiger partial charge in [-0.15, -0.1) is 0 Å². The molecule has 4 nitrogen and oxygen atoms in total. The lowest BCUT2D eigenvalue weighted by atomic mass is 9.99. The monoisotopic (exact) mass is 486 g/mol. The summed E-state index contributed by atoms with van der Waals surface area (Å²) in [5.41, 5.74) is 5.08. The number of hydrogen-bond acceptors (Lipinski definition) is 4. The Morgan fingerprint density at radius 2 is 1.91 bits per heavy atom. The Labute approximate surface area is 204 Å². The van der Waals surface area contributed by atoms with Gasteiger partial charge in [-0.1, -0.05) is 67.2 Å². The van der Waals surface area contributed by atoms with Crippen molar-refractivity contribution >= 4 is 47.1 Å². The minimum atomic E-state index is -0.758. The van der Waals surface area contributed by atoms with Gasteiger partial charge in [0.05, 0.1) is 18.2 Å². The SMILES string of the molecule is CCCC(=C1C=C(SCCC(=O)O)[N+](c2ccccc2)=CC1)C1Nc2ccccc2S1.[Cl-]. The molecule has 168 valence electrons. The number of rotatable bonds is 8. The number of para-hydroxylation sites is 2. The Kier molecular flexibility index (Phi) is 8.91. The number of thioether (sulfide) groups is 2. The second-order valence-electron chi connectivity index (χ2n) is 7.51. The maximum atomic E-state index is 11.1. The Balaban J connectivity index is 0.00000289. The van der Waals surface area contributed by atoms with Crippen LogP contribution in [0.3, 0.4) is 0 Å². The van der Waals surface area contributed by atoms with Crippen molar-refractivity contribution in [2.75, 3.05) is 11.1 Å². The fourth-order valence-electron chi connectivity index (χ4n) is 3.83. The van der Waals surface area contributed by atoms with Crippen LogP contribution in [0.5, 0.6) is 0 Å². The molecule has 7 heteroatoms. The first kappa shape index (κ1) is 24.5. The second-order valence-corrected chi connectivity index (χ2v) is 9.77. The maximum Gasteiger partial charge on any atom is 0.304 e. The number of fused-ring (bicyclic) bond motifs is 1. The number of hydrogen-bond donors (Lipinski definition) is 2. The van der Waals surface area contributed by atoms with E-state index in [1.54, 1.807) is 11.8 Å². The molecule has 2 aromatic rings. The average molecular weight is 487 g/mol. The van der Waals surface area contributed by atoms with Crippen LogP contribution in [-0.4, -0.2) is 33.0 Å². The molecule has 4 rings (SSSR count). The van der Waals surface area contributed by atoms with Gasteiger partial charge in [-0.05, 0) is 29.7 Å². The van der Waals surface area contributed by atoms with E-state index in [9.17, 15) is 4.79 Å². The van der Waals surface area contributed by atoms with Crippen LogP contribution in [0, 0.1) is 0 Å². The van der Waals surface area contributed by atoms with Gasteiger partial charge in [0.25, 0.3) is 0 Å². The topological polar surface area (TPSA) is 52.3 Å². The number of benzene rings is 2. The highest BCUT2D eigenvalue weighted by Crippen LogP contribution is 2.43. The summed E-state index contributed by atoms with van der Waals surface area (Å²) in [7, 11) is 0. The van der Waals surface area contributed by atoms with E-state index in [2.05, 4.69) is 65.5 Å². The highest BCUT2D eigenvalue weighted by Gasteiger charge is 2.29. The van der Waals surface area contributed by atoms with Gasteiger partial charge in [0.15, 0.2) is 6.21 Å². The molecule has 0 saturated carbocycles. The van der Waals surface area contributed by atoms with Gasteiger partial charge < -0.3 is 22.8 Å². The molecule has 1 atom stereocenters. The van der Waals surface area contributed by atoms with E-state index in [4.69, 9.17) is 5.11 Å². The zero-order chi connectivity index (χ0) is 21.6. The van der Waals surface area contributed by atoms with Crippen LogP contribution in [0.2, 0.25) is 0 Å². The predicted molar refractivity (Wildman–Crippen MR) is 131 cm³/mol. The number of carboxylic acids is 1. The average Bonchev–Trinajstić information content (AvgIpc) is 3.21. The molecule has 2 heterocycles. The zero-order valence-electron chi connectivity index (χ0n) is 18.0. The fourth-order valence-corrected chi connectivity index (χ4v) is 6.12. The van der Waals surface area contributed by atoms with E-state index in [0.717, 1.165) is 30.0 Å². The predicted octanol–water partition coefficient (Wildman–Crippen LogP) is 3.50. The summed E-state index contributed by atoms with van der Waals surface area (Å²) in [6.45, 7) is 2.22. The minimum absolute atomic E-state index is 0. The molecule has 0 radical (unpaired) electrons. The first-order chi connectivity index (χ1) is 15.2. The van der Waals surface area contributed by atoms with Gasteiger partial charge in [-0.2, -0.15) is 4.58 Å². The van der Waals surface area contributed by atoms with Crippen LogP contribution in [0.25, 0.3) is 0 Å². The number of nitrogens with zero attached hydrogens (tertiary/aromatic N) is 1. The van der Waals surface area contributed by atoms with E-state index in [1.807, 2.05) is 30.0 Å². The number of aliphatic carboxylic acids is 1. The summed E-state index contributed by atoms with van der Waals surface area (Å²) in [5, 5.41) is 14.1. The molecule has 2 aliphatic heterocycles. The van der Waals surface area contributed by atoms with E-state index in [-0.39, 0.29) is 24.2 Å². The first-order valence-electron chi connectivity index (χ1n) is 10.6. The van der Waals surface area contributed by atoms with Crippen molar-refractivity contribution in [3.8, 4) is 0 Å². The van der Waals surface area contributed by atoms with Crippen LogP contribution in [0.1, 0.15) is 32.6 Å². The molecule has 2 aromatic carbocycles. The standard InChI is InChI=1S/C25H26N2O2S2.ClH/c1-2-8-20(25-26-21-11-6-7-12-22(21)31-25)18-13-15-27(19-9-4-3-5-10-19)23(17-18)30-16-14-24(28)29;/h3-7,9-12,15,17,25-26H,2,8,13-14,16H2,1H3;1H. The number of anilines is 1. The highest BCUT2D eigenvalue weighted by molar-refractivity contribution is 8.02. The summed E-state index contributed by atoms with van der Waals surface area (Å²) in [5.74, 6) is -0.206. The van der Waals surface area contributed by atoms with Crippen molar-refractivity contribution in [2.24, 2.45) is 0 Å². The van der Waals surface area contributed by atoms with Crippen LogP contribution >= 0.6 is 23.5 Å². The molecule has 0 aromatic heterocycles. The molecule has 0 bridgehead atoms. The highest BCUT2D eigenvalue weighted by atomic mass is 35.5. The third-order valence-electron chi connectivity index (χ3n) is 5.30. The van der Waals surface area contributed by atoms with Gasteiger partial charge in [0.2, 0.25) is 10.7 Å². The Hall–Kier alpha value is -2.15. The van der Waals surface area contributed by atoms with Crippen molar-refractivity contribution in [3.05, 3.63) is 76.8 Å². The number of nitrogens with one attached hydrogen (secondary N) is 1. The first-order valence-corrected chi connectivity index (χ1v) is 12.5. The molecule has 0 fully saturated rings. The van der Waals surface area contributed by atoms with Crippen LogP contribution in [0.4, 0.5) is 11.4 Å². The minimum Gasteiger partial charge on any atom is -1.00 e. The van der Waals surface area contributed by atoms with Gasteiger partial charge >= 0.3 is 5.97 Å². The summed E-state index contributed by atoms with van der Waals surface area (Å²) in [6.07, 6.45) is 7.65. The quantitative estimate of drug-likeness (QED) is 0.559. The van der Waals surface area contributed by atoms with Crippen LogP contribution in [-0.2, 0) is 4.79 Å². The summed E-state index contributed by atoms with van der Waals surface area (Å²) < 4.78 is 2.20. The molecule has 0 amide bonds. The smallest absolute Gasteiger partial charge is 0.304 e. The molecule has 2 N–H and O–H groups in total. The van der Waals surface area contributed by atoms with Gasteiger partial charge in [0, 0.05) is 34.5 Å². The zero-order valence-corrected chi connectivity index (χ0v) is 20.3. The number of allylic oxidation sites excluding steroid dienone is 2. The second kappa shape index (κ2) is 11.6. The van der Waals surface area contributed by atoms with Crippen molar-refractivity contribution < 1.29 is 26.9 Å². The van der Waals surface area contributed by atoms with Crippen molar-refractivity contribution in [3.63, 3.8) is 0 Å². The molecule has 0 aliphatic carbocycles. The number of carbonyl (C=O) groups is 1. The molecular formula is C25H27ClN2O2S2. The van der Waals surface area contributed by atoms with E-state index < -0.39 is 5.97 Å². The molecule has 1 unspecified atom stereocenters. The lowest BCUT2D eigenvalue weighted by Crippen LogP contribution is -3.00. The molecule has 2 aliphatic rings. The molecule has 0 spiro atoms. The number of halogens is 1. The van der Waals surface area contributed by atoms with Crippen LogP contribution in [0.15, 0.2) is 81.7 Å². The molecular weight excluding hydrogens is 460 g/mol. The van der Waals surface area contributed by atoms with Crippen molar-refractivity contribution in [2.45, 2.75) is 42.9 Å². The Bertz CT molecular complexity index is 1030.